The smallest absolute Gasteiger partial charge is 0.234 e. The van der Waals surface area contributed by atoms with Gasteiger partial charge < -0.3 is 9.84 Å². The Bertz CT molecular complexity index is 355. The van der Waals surface area contributed by atoms with E-state index in [1.54, 1.807) is 0 Å². The third kappa shape index (κ3) is 2.37. The molecule has 2 rings (SSSR count). The monoisotopic (exact) mass is 237 g/mol. The van der Waals surface area contributed by atoms with Crippen LogP contribution in [-0.4, -0.2) is 23.2 Å². The second kappa shape index (κ2) is 5.17. The van der Waals surface area contributed by atoms with Crippen molar-refractivity contribution in [3.63, 3.8) is 0 Å². The van der Waals surface area contributed by atoms with Crippen molar-refractivity contribution >= 4 is 0 Å². The normalized spacial score (nSPS) is 26.3. The molecule has 0 bridgehead atoms. The molecule has 0 aliphatic carbocycles. The fourth-order valence-electron chi connectivity index (χ4n) is 2.56. The Kier molecular flexibility index (Phi) is 3.82. The van der Waals surface area contributed by atoms with Crippen LogP contribution in [0.2, 0.25) is 0 Å². The Morgan fingerprint density at radius 3 is 2.88 bits per heavy atom. The highest BCUT2D eigenvalue weighted by molar-refractivity contribution is 5.11. The average Bonchev–Trinajstić information content (AvgIpc) is 2.97. The van der Waals surface area contributed by atoms with Crippen LogP contribution in [0.15, 0.2) is 4.52 Å². The second-order valence-corrected chi connectivity index (χ2v) is 5.22. The summed E-state index contributed by atoms with van der Waals surface area (Å²) in [7, 11) is 0. The zero-order chi connectivity index (χ0) is 12.3. The van der Waals surface area contributed by atoms with E-state index in [0.717, 1.165) is 50.5 Å². The van der Waals surface area contributed by atoms with Crippen LogP contribution >= 0.6 is 0 Å². The summed E-state index contributed by atoms with van der Waals surface area (Å²) in [5.41, 5.74) is 0.0907. The fraction of sp³-hybridized carbons (Fsp3) is 0.846. The van der Waals surface area contributed by atoms with E-state index in [9.17, 15) is 0 Å². The Hall–Kier alpha value is -0.900. The lowest BCUT2D eigenvalue weighted by atomic mass is 9.82. The van der Waals surface area contributed by atoms with Crippen LogP contribution in [0.25, 0.3) is 0 Å². The summed E-state index contributed by atoms with van der Waals surface area (Å²) in [6.45, 7) is 8.55. The maximum absolute atomic E-state index is 5.53. The van der Waals surface area contributed by atoms with E-state index in [-0.39, 0.29) is 5.41 Å². The van der Waals surface area contributed by atoms with E-state index >= 15 is 0 Å². The molecule has 1 aliphatic heterocycles. The van der Waals surface area contributed by atoms with E-state index in [1.807, 2.05) is 0 Å². The molecule has 1 saturated heterocycles. The van der Waals surface area contributed by atoms with E-state index in [0.29, 0.717) is 5.92 Å². The van der Waals surface area contributed by atoms with Crippen molar-refractivity contribution in [2.45, 2.75) is 57.8 Å². The van der Waals surface area contributed by atoms with Crippen LogP contribution < -0.4 is 5.32 Å². The van der Waals surface area contributed by atoms with E-state index in [1.165, 1.54) is 0 Å². The standard InChI is InChI=1S/C13H23N3O/c1-4-6-13(7-8-14-9-13)12-15-11(16-17-12)10(3)5-2/h10,14H,4-9H2,1-3H3. The molecule has 17 heavy (non-hydrogen) atoms. The molecule has 0 amide bonds. The lowest BCUT2D eigenvalue weighted by Gasteiger charge is -2.22. The van der Waals surface area contributed by atoms with Gasteiger partial charge in [-0.15, -0.1) is 0 Å². The first-order valence-electron chi connectivity index (χ1n) is 6.76. The summed E-state index contributed by atoms with van der Waals surface area (Å²) in [5.74, 6) is 2.10. The fourth-order valence-corrected chi connectivity index (χ4v) is 2.56. The van der Waals surface area contributed by atoms with Crippen molar-refractivity contribution in [2.24, 2.45) is 0 Å². The van der Waals surface area contributed by atoms with E-state index in [2.05, 4.69) is 36.2 Å². The highest BCUT2D eigenvalue weighted by Gasteiger charge is 2.40. The van der Waals surface area contributed by atoms with Gasteiger partial charge in [0, 0.05) is 12.5 Å². The molecule has 0 radical (unpaired) electrons. The van der Waals surface area contributed by atoms with Crippen molar-refractivity contribution in [2.75, 3.05) is 13.1 Å². The molecule has 0 spiro atoms. The van der Waals surface area contributed by atoms with Gasteiger partial charge in [0.05, 0.1) is 5.41 Å². The van der Waals surface area contributed by atoms with Gasteiger partial charge in [0.15, 0.2) is 5.82 Å². The van der Waals surface area contributed by atoms with Crippen LogP contribution in [0.1, 0.15) is 64.1 Å². The van der Waals surface area contributed by atoms with Crippen molar-refractivity contribution in [1.29, 1.82) is 0 Å². The van der Waals surface area contributed by atoms with E-state index < -0.39 is 0 Å². The van der Waals surface area contributed by atoms with Gasteiger partial charge in [-0.3, -0.25) is 0 Å². The summed E-state index contributed by atoms with van der Waals surface area (Å²) < 4.78 is 5.53. The number of nitrogens with one attached hydrogen (secondary N) is 1. The third-order valence-electron chi connectivity index (χ3n) is 3.92. The zero-order valence-corrected chi connectivity index (χ0v) is 11.1. The summed E-state index contributed by atoms with van der Waals surface area (Å²) in [4.78, 5) is 4.64. The summed E-state index contributed by atoms with van der Waals surface area (Å²) in [6, 6.07) is 0. The van der Waals surface area contributed by atoms with Crippen molar-refractivity contribution in [1.82, 2.24) is 15.5 Å². The quantitative estimate of drug-likeness (QED) is 0.855. The Labute approximate surface area is 103 Å². The molecule has 1 aromatic rings. The van der Waals surface area contributed by atoms with Gasteiger partial charge >= 0.3 is 0 Å². The molecular formula is C13H23N3O. The summed E-state index contributed by atoms with van der Waals surface area (Å²) >= 11 is 0. The van der Waals surface area contributed by atoms with Gasteiger partial charge in [-0.1, -0.05) is 32.3 Å². The number of nitrogens with zero attached hydrogens (tertiary/aromatic N) is 2. The van der Waals surface area contributed by atoms with Gasteiger partial charge in [-0.05, 0) is 25.8 Å². The molecule has 4 nitrogen and oxygen atoms in total. The molecule has 1 N–H and O–H groups in total. The minimum absolute atomic E-state index is 0.0907. The molecule has 0 aromatic carbocycles. The largest absolute Gasteiger partial charge is 0.339 e. The third-order valence-corrected chi connectivity index (χ3v) is 3.92. The molecule has 1 aromatic heterocycles. The Morgan fingerprint density at radius 1 is 1.47 bits per heavy atom. The molecular weight excluding hydrogens is 214 g/mol. The van der Waals surface area contributed by atoms with E-state index in [4.69, 9.17) is 4.52 Å². The summed E-state index contributed by atoms with van der Waals surface area (Å²) in [6.07, 6.45) is 4.45. The van der Waals surface area contributed by atoms with Crippen molar-refractivity contribution in [3.8, 4) is 0 Å². The topological polar surface area (TPSA) is 51.0 Å². The first-order valence-corrected chi connectivity index (χ1v) is 6.76. The zero-order valence-electron chi connectivity index (χ0n) is 11.1. The average molecular weight is 237 g/mol. The maximum Gasteiger partial charge on any atom is 0.234 e. The predicted octanol–water partition coefficient (Wildman–Crippen LogP) is 2.61. The highest BCUT2D eigenvalue weighted by Crippen LogP contribution is 2.34. The molecule has 96 valence electrons. The van der Waals surface area contributed by atoms with Crippen LogP contribution in [0.3, 0.4) is 0 Å². The minimum Gasteiger partial charge on any atom is -0.339 e. The molecule has 1 aliphatic rings. The Balaban J connectivity index is 2.22. The van der Waals surface area contributed by atoms with Gasteiger partial charge in [-0.2, -0.15) is 4.98 Å². The van der Waals surface area contributed by atoms with Crippen LogP contribution in [-0.2, 0) is 5.41 Å². The molecule has 2 unspecified atom stereocenters. The van der Waals surface area contributed by atoms with Crippen molar-refractivity contribution in [3.05, 3.63) is 11.7 Å². The SMILES string of the molecule is CCCC1(c2nc(C(C)CC)no2)CCNC1. The van der Waals surface area contributed by atoms with Crippen LogP contribution in [0, 0.1) is 0 Å². The van der Waals surface area contributed by atoms with Gasteiger partial charge in [0.2, 0.25) is 5.89 Å². The van der Waals surface area contributed by atoms with Crippen LogP contribution in [0.4, 0.5) is 0 Å². The Morgan fingerprint density at radius 2 is 2.29 bits per heavy atom. The predicted molar refractivity (Wildman–Crippen MR) is 67.1 cm³/mol. The maximum atomic E-state index is 5.53. The minimum atomic E-state index is 0.0907. The first-order chi connectivity index (χ1) is 8.22. The number of rotatable bonds is 5. The second-order valence-electron chi connectivity index (χ2n) is 5.22. The molecule has 1 fully saturated rings. The van der Waals surface area contributed by atoms with Crippen molar-refractivity contribution < 1.29 is 4.52 Å². The van der Waals surface area contributed by atoms with Crippen LogP contribution in [0.5, 0.6) is 0 Å². The number of aromatic nitrogens is 2. The number of hydrogen-bond acceptors (Lipinski definition) is 4. The highest BCUT2D eigenvalue weighted by atomic mass is 16.5. The lowest BCUT2D eigenvalue weighted by Crippen LogP contribution is -2.29. The molecule has 2 heterocycles. The van der Waals surface area contributed by atoms with Gasteiger partial charge in [-0.25, -0.2) is 0 Å². The molecule has 0 saturated carbocycles. The molecule has 4 heteroatoms. The lowest BCUT2D eigenvalue weighted by molar-refractivity contribution is 0.275. The number of hydrogen-bond donors (Lipinski definition) is 1. The summed E-state index contributed by atoms with van der Waals surface area (Å²) in [5, 5.41) is 7.57. The first kappa shape index (κ1) is 12.6. The molecule has 2 atom stereocenters. The van der Waals surface area contributed by atoms with Gasteiger partial charge in [0.25, 0.3) is 0 Å². The van der Waals surface area contributed by atoms with Gasteiger partial charge in [0.1, 0.15) is 0 Å².